The molecule has 0 saturated carbocycles. The highest BCUT2D eigenvalue weighted by atomic mass is 79.9. The van der Waals surface area contributed by atoms with Gasteiger partial charge in [-0.25, -0.2) is 0 Å². The lowest BCUT2D eigenvalue weighted by atomic mass is 10.1. The summed E-state index contributed by atoms with van der Waals surface area (Å²) >= 11 is 6.94. The fourth-order valence-corrected chi connectivity index (χ4v) is 3.64. The van der Waals surface area contributed by atoms with Gasteiger partial charge < -0.3 is 10.1 Å². The van der Waals surface area contributed by atoms with Gasteiger partial charge in [0.2, 0.25) is 0 Å². The topological polar surface area (TPSA) is 62.1 Å². The van der Waals surface area contributed by atoms with Crippen LogP contribution in [0.2, 0.25) is 0 Å². The molecule has 0 aliphatic rings. The summed E-state index contributed by atoms with van der Waals surface area (Å²) in [6, 6.07) is 15.1. The second kappa shape index (κ2) is 10.1. The summed E-state index contributed by atoms with van der Waals surface area (Å²) in [6.07, 6.45) is 2.46. The molecule has 0 saturated heterocycles. The Morgan fingerprint density at radius 3 is 2.46 bits per heavy atom. The van der Waals surface area contributed by atoms with E-state index in [-0.39, 0.29) is 5.57 Å². The van der Waals surface area contributed by atoms with E-state index in [9.17, 15) is 10.1 Å². The Labute approximate surface area is 170 Å². The molecule has 0 aliphatic heterocycles. The van der Waals surface area contributed by atoms with Gasteiger partial charge in [-0.2, -0.15) is 5.26 Å². The van der Waals surface area contributed by atoms with Crippen LogP contribution in [0, 0.1) is 11.3 Å². The van der Waals surface area contributed by atoms with Crippen molar-refractivity contribution in [2.75, 3.05) is 6.61 Å². The molecule has 0 fully saturated rings. The molecule has 0 radical (unpaired) electrons. The zero-order valence-corrected chi connectivity index (χ0v) is 17.4. The van der Waals surface area contributed by atoms with Gasteiger partial charge in [0, 0.05) is 6.54 Å². The third-order valence-electron chi connectivity index (χ3n) is 3.44. The number of amides is 1. The third kappa shape index (κ3) is 5.72. The quantitative estimate of drug-likeness (QED) is 0.439. The smallest absolute Gasteiger partial charge is 0.262 e. The van der Waals surface area contributed by atoms with Crippen LogP contribution in [0.1, 0.15) is 24.5 Å². The van der Waals surface area contributed by atoms with Crippen molar-refractivity contribution >= 4 is 43.8 Å². The number of nitrogens with zero attached hydrogens (tertiary/aromatic N) is 1. The lowest BCUT2D eigenvalue weighted by molar-refractivity contribution is -0.117. The van der Waals surface area contributed by atoms with Gasteiger partial charge in [-0.05, 0) is 67.6 Å². The molecule has 134 valence electrons. The van der Waals surface area contributed by atoms with E-state index >= 15 is 0 Å². The summed E-state index contributed by atoms with van der Waals surface area (Å²) in [5.74, 6) is 0.297. The van der Waals surface area contributed by atoms with E-state index in [0.717, 1.165) is 26.5 Å². The summed E-state index contributed by atoms with van der Waals surface area (Å²) in [6.45, 7) is 3.01. The average Bonchev–Trinajstić information content (AvgIpc) is 2.64. The SMILES string of the molecule is CCCOc1c(Br)cc(/C=C(\C#N)C(=O)NCc2ccccc2)cc1Br. The fourth-order valence-electron chi connectivity index (χ4n) is 2.19. The molecule has 6 heteroatoms. The highest BCUT2D eigenvalue weighted by Gasteiger charge is 2.12. The van der Waals surface area contributed by atoms with Gasteiger partial charge in [-0.15, -0.1) is 0 Å². The van der Waals surface area contributed by atoms with Gasteiger partial charge >= 0.3 is 0 Å². The lowest BCUT2D eigenvalue weighted by Crippen LogP contribution is -2.23. The Bertz CT molecular complexity index is 820. The first-order valence-corrected chi connectivity index (χ1v) is 9.69. The number of carbonyl (C=O) groups is 1. The lowest BCUT2D eigenvalue weighted by Gasteiger charge is -2.10. The van der Waals surface area contributed by atoms with Crippen molar-refractivity contribution in [3.8, 4) is 11.8 Å². The van der Waals surface area contributed by atoms with Crippen LogP contribution in [0.3, 0.4) is 0 Å². The second-order valence-corrected chi connectivity index (χ2v) is 7.21. The number of nitriles is 1. The minimum absolute atomic E-state index is 0.0435. The first-order valence-electron chi connectivity index (χ1n) is 8.11. The molecule has 0 atom stereocenters. The predicted octanol–water partition coefficient (Wildman–Crippen LogP) is 5.22. The van der Waals surface area contributed by atoms with Crippen LogP contribution in [0.4, 0.5) is 0 Å². The highest BCUT2D eigenvalue weighted by Crippen LogP contribution is 2.35. The standard InChI is InChI=1S/C20H18Br2N2O2/c1-2-8-26-19-17(21)10-15(11-18(19)22)9-16(12-23)20(25)24-13-14-6-4-3-5-7-14/h3-7,9-11H,2,8,13H2,1H3,(H,24,25)/b16-9+. The fraction of sp³-hybridized carbons (Fsp3) is 0.200. The molecule has 0 unspecified atom stereocenters. The zero-order valence-electron chi connectivity index (χ0n) is 14.3. The minimum Gasteiger partial charge on any atom is -0.491 e. The number of halogens is 2. The molecule has 0 spiro atoms. The van der Waals surface area contributed by atoms with Crippen molar-refractivity contribution < 1.29 is 9.53 Å². The first-order chi connectivity index (χ1) is 12.5. The van der Waals surface area contributed by atoms with Gasteiger partial charge in [0.05, 0.1) is 15.6 Å². The number of rotatable bonds is 7. The summed E-state index contributed by atoms with van der Waals surface area (Å²) in [7, 11) is 0. The van der Waals surface area contributed by atoms with Crippen LogP contribution in [-0.4, -0.2) is 12.5 Å². The monoisotopic (exact) mass is 476 g/mol. The number of carbonyl (C=O) groups excluding carboxylic acids is 1. The summed E-state index contributed by atoms with van der Waals surface area (Å²) in [4.78, 5) is 12.3. The van der Waals surface area contributed by atoms with Crippen LogP contribution in [0.25, 0.3) is 6.08 Å². The van der Waals surface area contributed by atoms with Crippen molar-refractivity contribution in [2.24, 2.45) is 0 Å². The van der Waals surface area contributed by atoms with Crippen molar-refractivity contribution in [3.05, 3.63) is 68.1 Å². The van der Waals surface area contributed by atoms with E-state index < -0.39 is 5.91 Å². The van der Waals surface area contributed by atoms with E-state index in [1.165, 1.54) is 0 Å². The summed E-state index contributed by atoms with van der Waals surface area (Å²) in [5, 5.41) is 12.1. The van der Waals surface area contributed by atoms with Crippen molar-refractivity contribution in [3.63, 3.8) is 0 Å². The molecule has 2 rings (SSSR count). The number of ether oxygens (including phenoxy) is 1. The Kier molecular flexibility index (Phi) is 7.89. The number of hydrogen-bond acceptors (Lipinski definition) is 3. The molecule has 0 bridgehead atoms. The van der Waals surface area contributed by atoms with Crippen LogP contribution in [0.5, 0.6) is 5.75 Å². The maximum atomic E-state index is 12.3. The molecular formula is C20H18Br2N2O2. The van der Waals surface area contributed by atoms with Gasteiger partial charge in [0.15, 0.2) is 0 Å². The maximum Gasteiger partial charge on any atom is 0.262 e. The minimum atomic E-state index is -0.407. The Morgan fingerprint density at radius 1 is 1.23 bits per heavy atom. The second-order valence-electron chi connectivity index (χ2n) is 5.50. The molecule has 0 aromatic heterocycles. The normalized spacial score (nSPS) is 10.9. The summed E-state index contributed by atoms with van der Waals surface area (Å²) in [5.41, 5.74) is 1.74. The van der Waals surface area contributed by atoms with Crippen LogP contribution in [0.15, 0.2) is 57.0 Å². The molecule has 1 N–H and O–H groups in total. The van der Waals surface area contributed by atoms with E-state index in [2.05, 4.69) is 37.2 Å². The van der Waals surface area contributed by atoms with E-state index in [1.54, 1.807) is 6.08 Å². The Hall–Kier alpha value is -2.10. The van der Waals surface area contributed by atoms with Gasteiger partial charge in [-0.1, -0.05) is 37.3 Å². The van der Waals surface area contributed by atoms with Gasteiger partial charge in [0.25, 0.3) is 5.91 Å². The average molecular weight is 478 g/mol. The first kappa shape index (κ1) is 20.2. The summed E-state index contributed by atoms with van der Waals surface area (Å²) < 4.78 is 7.20. The largest absolute Gasteiger partial charge is 0.491 e. The molecule has 1 amide bonds. The highest BCUT2D eigenvalue weighted by molar-refractivity contribution is 9.11. The van der Waals surface area contributed by atoms with Crippen LogP contribution in [-0.2, 0) is 11.3 Å². The maximum absolute atomic E-state index is 12.3. The van der Waals surface area contributed by atoms with Crippen molar-refractivity contribution in [1.82, 2.24) is 5.32 Å². The molecule has 0 aliphatic carbocycles. The van der Waals surface area contributed by atoms with Gasteiger partial charge in [-0.3, -0.25) is 4.79 Å². The van der Waals surface area contributed by atoms with Crippen molar-refractivity contribution in [2.45, 2.75) is 19.9 Å². The third-order valence-corrected chi connectivity index (χ3v) is 4.62. The van der Waals surface area contributed by atoms with Crippen LogP contribution < -0.4 is 10.1 Å². The molecule has 2 aromatic rings. The zero-order chi connectivity index (χ0) is 18.9. The van der Waals surface area contributed by atoms with Crippen molar-refractivity contribution in [1.29, 1.82) is 5.26 Å². The number of benzene rings is 2. The Balaban J connectivity index is 2.14. The molecular weight excluding hydrogens is 460 g/mol. The molecule has 4 nitrogen and oxygen atoms in total. The number of hydrogen-bond donors (Lipinski definition) is 1. The predicted molar refractivity (Wildman–Crippen MR) is 110 cm³/mol. The Morgan fingerprint density at radius 2 is 1.88 bits per heavy atom. The van der Waals surface area contributed by atoms with E-state index in [1.807, 2.05) is 55.5 Å². The van der Waals surface area contributed by atoms with E-state index in [0.29, 0.717) is 18.9 Å². The molecule has 2 aromatic carbocycles. The van der Waals surface area contributed by atoms with E-state index in [4.69, 9.17) is 4.74 Å². The molecule has 0 heterocycles. The van der Waals surface area contributed by atoms with Crippen LogP contribution >= 0.6 is 31.9 Å². The van der Waals surface area contributed by atoms with Gasteiger partial charge in [0.1, 0.15) is 17.4 Å². The molecule has 26 heavy (non-hydrogen) atoms. The number of nitrogens with one attached hydrogen (secondary N) is 1.